The van der Waals surface area contributed by atoms with E-state index >= 15 is 0 Å². The SMILES string of the molecule is COc1ccccc1CCNC(=O)COC(=O)[C@@H]1CC(=O)N([C@H]2CCC[C@H](C)[C@H]2C)C1. The number of rotatable bonds is 8. The maximum absolute atomic E-state index is 12.5. The summed E-state index contributed by atoms with van der Waals surface area (Å²) in [6.45, 7) is 4.92. The fourth-order valence-electron chi connectivity index (χ4n) is 4.76. The monoisotopic (exact) mass is 430 g/mol. The molecular formula is C24H34N2O5. The first kappa shape index (κ1) is 23.1. The van der Waals surface area contributed by atoms with E-state index in [1.165, 1.54) is 6.42 Å². The smallest absolute Gasteiger partial charge is 0.311 e. The zero-order valence-corrected chi connectivity index (χ0v) is 18.8. The molecule has 3 rings (SSSR count). The summed E-state index contributed by atoms with van der Waals surface area (Å²) in [5, 5.41) is 2.76. The molecule has 1 heterocycles. The van der Waals surface area contributed by atoms with Crippen LogP contribution in [0.2, 0.25) is 0 Å². The third-order valence-electron chi connectivity index (χ3n) is 6.81. The second-order valence-electron chi connectivity index (χ2n) is 8.80. The van der Waals surface area contributed by atoms with Crippen LogP contribution in [0.3, 0.4) is 0 Å². The summed E-state index contributed by atoms with van der Waals surface area (Å²) in [4.78, 5) is 38.9. The van der Waals surface area contributed by atoms with Gasteiger partial charge in [-0.1, -0.05) is 44.9 Å². The Morgan fingerprint density at radius 1 is 1.19 bits per heavy atom. The summed E-state index contributed by atoms with van der Waals surface area (Å²) in [7, 11) is 1.61. The Morgan fingerprint density at radius 3 is 2.74 bits per heavy atom. The molecule has 0 bridgehead atoms. The molecule has 1 aromatic rings. The van der Waals surface area contributed by atoms with Crippen LogP contribution in [-0.4, -0.2) is 55.5 Å². The number of carbonyl (C=O) groups excluding carboxylic acids is 3. The van der Waals surface area contributed by atoms with Crippen LogP contribution in [0.15, 0.2) is 24.3 Å². The highest BCUT2D eigenvalue weighted by Gasteiger charge is 2.42. The summed E-state index contributed by atoms with van der Waals surface area (Å²) in [6, 6.07) is 7.83. The standard InChI is InChI=1S/C24H34N2O5/c1-16-7-6-9-20(17(16)2)26-14-19(13-23(26)28)24(29)31-15-22(27)25-12-11-18-8-4-5-10-21(18)30-3/h4-5,8,10,16-17,19-20H,6-7,9,11-15H2,1-3H3,(H,25,27)/t16-,17+,19+,20-/m0/s1. The summed E-state index contributed by atoms with van der Waals surface area (Å²) in [6.07, 6.45) is 4.09. The predicted octanol–water partition coefficient (Wildman–Crippen LogP) is 2.57. The molecule has 2 fully saturated rings. The Morgan fingerprint density at radius 2 is 1.97 bits per heavy atom. The largest absolute Gasteiger partial charge is 0.496 e. The highest BCUT2D eigenvalue weighted by atomic mass is 16.5. The first-order valence-corrected chi connectivity index (χ1v) is 11.3. The molecule has 1 saturated carbocycles. The summed E-state index contributed by atoms with van der Waals surface area (Å²) < 4.78 is 10.5. The molecular weight excluding hydrogens is 396 g/mol. The summed E-state index contributed by atoms with van der Waals surface area (Å²) in [5.74, 6) is 0.512. The Kier molecular flexibility index (Phi) is 7.93. The second kappa shape index (κ2) is 10.6. The van der Waals surface area contributed by atoms with Gasteiger partial charge in [0.1, 0.15) is 5.75 Å². The molecule has 1 aliphatic carbocycles. The van der Waals surface area contributed by atoms with Gasteiger partial charge in [0.15, 0.2) is 6.61 Å². The van der Waals surface area contributed by atoms with Crippen LogP contribution >= 0.6 is 0 Å². The molecule has 1 aliphatic heterocycles. The highest BCUT2D eigenvalue weighted by molar-refractivity contribution is 5.88. The predicted molar refractivity (Wildman–Crippen MR) is 116 cm³/mol. The third-order valence-corrected chi connectivity index (χ3v) is 6.81. The third kappa shape index (κ3) is 5.77. The minimum atomic E-state index is -0.488. The Hall–Kier alpha value is -2.57. The van der Waals surface area contributed by atoms with Gasteiger partial charge in [0.05, 0.1) is 13.0 Å². The fraction of sp³-hybridized carbons (Fsp3) is 0.625. The zero-order valence-electron chi connectivity index (χ0n) is 18.8. The molecule has 1 saturated heterocycles. The number of hydrogen-bond acceptors (Lipinski definition) is 5. The lowest BCUT2D eigenvalue weighted by atomic mass is 9.77. The molecule has 31 heavy (non-hydrogen) atoms. The number of nitrogens with one attached hydrogen (secondary N) is 1. The molecule has 7 nitrogen and oxygen atoms in total. The summed E-state index contributed by atoms with van der Waals surface area (Å²) in [5.41, 5.74) is 0.998. The van der Waals surface area contributed by atoms with Crippen molar-refractivity contribution in [3.8, 4) is 5.75 Å². The van der Waals surface area contributed by atoms with E-state index in [1.807, 2.05) is 29.2 Å². The van der Waals surface area contributed by atoms with E-state index in [0.29, 0.717) is 31.3 Å². The number of methoxy groups -OCH3 is 1. The molecule has 4 atom stereocenters. The molecule has 1 aromatic carbocycles. The van der Waals surface area contributed by atoms with Gasteiger partial charge in [-0.3, -0.25) is 14.4 Å². The Bertz CT molecular complexity index is 796. The Balaban J connectivity index is 1.41. The highest BCUT2D eigenvalue weighted by Crippen LogP contribution is 2.35. The van der Waals surface area contributed by atoms with Crippen LogP contribution in [-0.2, 0) is 25.5 Å². The van der Waals surface area contributed by atoms with E-state index in [2.05, 4.69) is 19.2 Å². The van der Waals surface area contributed by atoms with Crippen molar-refractivity contribution in [3.63, 3.8) is 0 Å². The molecule has 7 heteroatoms. The van der Waals surface area contributed by atoms with Gasteiger partial charge in [0, 0.05) is 25.6 Å². The minimum absolute atomic E-state index is 0.0224. The number of benzene rings is 1. The molecule has 0 radical (unpaired) electrons. The second-order valence-corrected chi connectivity index (χ2v) is 8.80. The van der Waals surface area contributed by atoms with Gasteiger partial charge in [-0.15, -0.1) is 0 Å². The number of carbonyl (C=O) groups is 3. The first-order valence-electron chi connectivity index (χ1n) is 11.3. The van der Waals surface area contributed by atoms with Gasteiger partial charge in [-0.2, -0.15) is 0 Å². The number of ether oxygens (including phenoxy) is 2. The van der Waals surface area contributed by atoms with E-state index in [1.54, 1.807) is 7.11 Å². The maximum atomic E-state index is 12.5. The van der Waals surface area contributed by atoms with Crippen molar-refractivity contribution in [2.75, 3.05) is 26.8 Å². The molecule has 1 N–H and O–H groups in total. The van der Waals surface area contributed by atoms with Crippen molar-refractivity contribution in [3.05, 3.63) is 29.8 Å². The van der Waals surface area contributed by atoms with E-state index in [9.17, 15) is 14.4 Å². The van der Waals surface area contributed by atoms with Crippen molar-refractivity contribution < 1.29 is 23.9 Å². The zero-order chi connectivity index (χ0) is 22.4. The molecule has 170 valence electrons. The topological polar surface area (TPSA) is 84.9 Å². The minimum Gasteiger partial charge on any atom is -0.496 e. The number of para-hydroxylation sites is 1. The molecule has 2 amide bonds. The van der Waals surface area contributed by atoms with Gasteiger partial charge in [0.2, 0.25) is 5.91 Å². The van der Waals surface area contributed by atoms with Crippen LogP contribution in [0, 0.1) is 17.8 Å². The quantitative estimate of drug-likeness (QED) is 0.641. The van der Waals surface area contributed by atoms with E-state index in [-0.39, 0.29) is 30.9 Å². The number of likely N-dealkylation sites (tertiary alicyclic amines) is 1. The first-order chi connectivity index (χ1) is 14.9. The maximum Gasteiger partial charge on any atom is 0.311 e. The van der Waals surface area contributed by atoms with Gasteiger partial charge in [-0.05, 0) is 36.3 Å². The van der Waals surface area contributed by atoms with Crippen LogP contribution in [0.1, 0.15) is 45.1 Å². The molecule has 0 aromatic heterocycles. The van der Waals surface area contributed by atoms with Crippen LogP contribution in [0.4, 0.5) is 0 Å². The van der Waals surface area contributed by atoms with E-state index in [0.717, 1.165) is 24.2 Å². The Labute approximate surface area is 184 Å². The number of hydrogen-bond donors (Lipinski definition) is 1. The fourth-order valence-corrected chi connectivity index (χ4v) is 4.76. The number of esters is 1. The van der Waals surface area contributed by atoms with Gasteiger partial charge in [-0.25, -0.2) is 0 Å². The summed E-state index contributed by atoms with van der Waals surface area (Å²) >= 11 is 0. The van der Waals surface area contributed by atoms with Crippen LogP contribution in [0.5, 0.6) is 5.75 Å². The van der Waals surface area contributed by atoms with Crippen molar-refractivity contribution in [2.45, 2.75) is 52.0 Å². The lowest BCUT2D eigenvalue weighted by Gasteiger charge is -2.39. The average molecular weight is 431 g/mol. The normalized spacial score (nSPS) is 25.9. The van der Waals surface area contributed by atoms with Gasteiger partial charge >= 0.3 is 5.97 Å². The van der Waals surface area contributed by atoms with E-state index < -0.39 is 11.9 Å². The number of amides is 2. The lowest BCUT2D eigenvalue weighted by Crippen LogP contribution is -2.45. The molecule has 0 unspecified atom stereocenters. The molecule has 0 spiro atoms. The van der Waals surface area contributed by atoms with Gasteiger partial charge in [0.25, 0.3) is 5.91 Å². The van der Waals surface area contributed by atoms with E-state index in [4.69, 9.17) is 9.47 Å². The van der Waals surface area contributed by atoms with Gasteiger partial charge < -0.3 is 19.7 Å². The average Bonchev–Trinajstić information content (AvgIpc) is 3.15. The van der Waals surface area contributed by atoms with Crippen LogP contribution in [0.25, 0.3) is 0 Å². The number of nitrogens with zero attached hydrogens (tertiary/aromatic N) is 1. The lowest BCUT2D eigenvalue weighted by molar-refractivity contribution is -0.152. The van der Waals surface area contributed by atoms with Crippen molar-refractivity contribution in [2.24, 2.45) is 17.8 Å². The van der Waals surface area contributed by atoms with Crippen LogP contribution < -0.4 is 10.1 Å². The van der Waals surface area contributed by atoms with Crippen molar-refractivity contribution in [1.82, 2.24) is 10.2 Å². The van der Waals surface area contributed by atoms with Crippen molar-refractivity contribution >= 4 is 17.8 Å². The molecule has 2 aliphatic rings. The van der Waals surface area contributed by atoms with Crippen molar-refractivity contribution in [1.29, 1.82) is 0 Å².